The molecule has 0 radical (unpaired) electrons. The van der Waals surface area contributed by atoms with Crippen LogP contribution < -0.4 is 10.9 Å². The van der Waals surface area contributed by atoms with Crippen LogP contribution in [0.3, 0.4) is 0 Å². The van der Waals surface area contributed by atoms with Gasteiger partial charge in [-0.25, -0.2) is 5.84 Å². The molecule has 0 aliphatic heterocycles. The lowest BCUT2D eigenvalue weighted by atomic mass is 10.2. The number of nitrogens with zero attached hydrogens (tertiary/aromatic N) is 1. The molecule has 0 aliphatic carbocycles. The lowest BCUT2D eigenvalue weighted by Crippen LogP contribution is -2.31. The van der Waals surface area contributed by atoms with Crippen LogP contribution in [0, 0.1) is 0 Å². The lowest BCUT2D eigenvalue weighted by molar-refractivity contribution is -0.143. The molecule has 1 rings (SSSR count). The second-order valence-electron chi connectivity index (χ2n) is 3.79. The van der Waals surface area contributed by atoms with Gasteiger partial charge in [0, 0.05) is 13.0 Å². The van der Waals surface area contributed by atoms with Gasteiger partial charge in [-0.15, -0.1) is 0 Å². The first-order valence-electron chi connectivity index (χ1n) is 5.97. The summed E-state index contributed by atoms with van der Waals surface area (Å²) in [6, 6.07) is 9.79. The zero-order valence-electron chi connectivity index (χ0n) is 10.3. The molecule has 0 fully saturated rings. The summed E-state index contributed by atoms with van der Waals surface area (Å²) in [6.45, 7) is 3.00. The van der Waals surface area contributed by atoms with Gasteiger partial charge < -0.3 is 9.75 Å². The van der Waals surface area contributed by atoms with Crippen molar-refractivity contribution in [3.63, 3.8) is 0 Å². The number of para-hydroxylation sites is 1. The van der Waals surface area contributed by atoms with Gasteiger partial charge in [0.1, 0.15) is 0 Å². The molecule has 4 heteroatoms. The number of unbranched alkanes of at least 4 members (excludes halogenated alkanes) is 1. The Hall–Kier alpha value is -1.55. The van der Waals surface area contributed by atoms with Crippen LogP contribution in [0.2, 0.25) is 0 Å². The van der Waals surface area contributed by atoms with Gasteiger partial charge >= 0.3 is 5.97 Å². The molecular weight excluding hydrogens is 216 g/mol. The summed E-state index contributed by atoms with van der Waals surface area (Å²) >= 11 is 0. The molecule has 0 saturated heterocycles. The average Bonchev–Trinajstić information content (AvgIpc) is 2.36. The molecule has 4 nitrogen and oxygen atoms in total. The van der Waals surface area contributed by atoms with Crippen molar-refractivity contribution < 1.29 is 9.53 Å². The third-order valence-corrected chi connectivity index (χ3v) is 2.42. The fraction of sp³-hybridized carbons (Fsp3) is 0.462. The Morgan fingerprint density at radius 3 is 2.65 bits per heavy atom. The Morgan fingerprint density at radius 2 is 2.00 bits per heavy atom. The van der Waals surface area contributed by atoms with Crippen LogP contribution in [0.4, 0.5) is 5.69 Å². The molecule has 0 heterocycles. The van der Waals surface area contributed by atoms with Crippen molar-refractivity contribution in [2.45, 2.75) is 26.2 Å². The largest absolute Gasteiger partial charge is 0.466 e. The number of ether oxygens (including phenoxy) is 1. The van der Waals surface area contributed by atoms with Gasteiger partial charge in [-0.2, -0.15) is 0 Å². The first-order chi connectivity index (χ1) is 8.24. The van der Waals surface area contributed by atoms with Crippen molar-refractivity contribution in [1.82, 2.24) is 0 Å². The normalized spacial score (nSPS) is 10.0. The summed E-state index contributed by atoms with van der Waals surface area (Å²) in [6.07, 6.45) is 2.15. The van der Waals surface area contributed by atoms with Crippen molar-refractivity contribution in [2.24, 2.45) is 5.84 Å². The van der Waals surface area contributed by atoms with E-state index in [2.05, 4.69) is 0 Å². The van der Waals surface area contributed by atoms with Gasteiger partial charge in [0.25, 0.3) is 0 Å². The summed E-state index contributed by atoms with van der Waals surface area (Å²) in [5.74, 6) is 5.76. The Bertz CT molecular complexity index is 327. The van der Waals surface area contributed by atoms with Gasteiger partial charge in [0.05, 0.1) is 12.3 Å². The Labute approximate surface area is 102 Å². The minimum absolute atomic E-state index is 0.129. The van der Waals surface area contributed by atoms with Crippen LogP contribution in [-0.2, 0) is 9.53 Å². The van der Waals surface area contributed by atoms with E-state index in [4.69, 9.17) is 10.6 Å². The molecule has 0 aliphatic rings. The molecule has 0 saturated carbocycles. The van der Waals surface area contributed by atoms with Crippen LogP contribution in [0.5, 0.6) is 0 Å². The monoisotopic (exact) mass is 236 g/mol. The summed E-state index contributed by atoms with van der Waals surface area (Å²) in [5, 5.41) is 1.70. The molecule has 0 atom stereocenters. The number of hydrogen-bond acceptors (Lipinski definition) is 4. The minimum Gasteiger partial charge on any atom is -0.466 e. The number of nitrogens with two attached hydrogens (primary N) is 1. The summed E-state index contributed by atoms with van der Waals surface area (Å²) in [7, 11) is 0. The Kier molecular flexibility index (Phi) is 6.10. The molecule has 94 valence electrons. The molecule has 1 aromatic carbocycles. The number of anilines is 1. The maximum absolute atomic E-state index is 11.1. The quantitative estimate of drug-likeness (QED) is 0.341. The Morgan fingerprint density at radius 1 is 1.29 bits per heavy atom. The summed E-state index contributed by atoms with van der Waals surface area (Å²) in [4.78, 5) is 11.1. The Balaban J connectivity index is 2.17. The van der Waals surface area contributed by atoms with E-state index in [-0.39, 0.29) is 5.97 Å². The van der Waals surface area contributed by atoms with Gasteiger partial charge in [0.2, 0.25) is 0 Å². The van der Waals surface area contributed by atoms with E-state index in [0.29, 0.717) is 13.0 Å². The van der Waals surface area contributed by atoms with Crippen LogP contribution in [-0.4, -0.2) is 19.1 Å². The molecule has 1 aromatic rings. The number of esters is 1. The first-order valence-corrected chi connectivity index (χ1v) is 5.97. The second kappa shape index (κ2) is 7.68. The van der Waals surface area contributed by atoms with Crippen LogP contribution in [0.1, 0.15) is 26.2 Å². The highest BCUT2D eigenvalue weighted by atomic mass is 16.5. The van der Waals surface area contributed by atoms with Crippen molar-refractivity contribution >= 4 is 11.7 Å². The molecule has 0 unspecified atom stereocenters. The topological polar surface area (TPSA) is 55.6 Å². The summed E-state index contributed by atoms with van der Waals surface area (Å²) in [5.41, 5.74) is 0.989. The second-order valence-corrected chi connectivity index (χ2v) is 3.79. The minimum atomic E-state index is -0.129. The van der Waals surface area contributed by atoms with E-state index in [1.807, 2.05) is 37.3 Å². The van der Waals surface area contributed by atoms with Crippen molar-refractivity contribution in [1.29, 1.82) is 0 Å². The molecule has 2 N–H and O–H groups in total. The number of hydrogen-bond donors (Lipinski definition) is 1. The lowest BCUT2D eigenvalue weighted by Gasteiger charge is -2.18. The maximum Gasteiger partial charge on any atom is 0.305 e. The third kappa shape index (κ3) is 5.36. The van der Waals surface area contributed by atoms with Crippen LogP contribution in [0.25, 0.3) is 0 Å². The maximum atomic E-state index is 11.1. The average molecular weight is 236 g/mol. The standard InChI is InChI=1S/C13H20N2O2/c1-2-17-13(16)10-6-7-11-15(14)12-8-4-3-5-9-12/h3-5,8-9H,2,6-7,10-11,14H2,1H3. The molecule has 0 amide bonds. The van der Waals surface area contributed by atoms with Gasteiger partial charge in [-0.05, 0) is 31.9 Å². The zero-order valence-corrected chi connectivity index (χ0v) is 10.3. The van der Waals surface area contributed by atoms with Gasteiger partial charge in [0.15, 0.2) is 0 Å². The smallest absolute Gasteiger partial charge is 0.305 e. The van der Waals surface area contributed by atoms with E-state index >= 15 is 0 Å². The first kappa shape index (κ1) is 13.5. The van der Waals surface area contributed by atoms with Gasteiger partial charge in [-0.3, -0.25) is 4.79 Å². The van der Waals surface area contributed by atoms with Crippen molar-refractivity contribution in [3.8, 4) is 0 Å². The van der Waals surface area contributed by atoms with E-state index in [9.17, 15) is 4.79 Å². The van der Waals surface area contributed by atoms with Crippen LogP contribution >= 0.6 is 0 Å². The fourth-order valence-corrected chi connectivity index (χ4v) is 1.53. The molecule has 0 aromatic heterocycles. The van der Waals surface area contributed by atoms with Crippen LogP contribution in [0.15, 0.2) is 30.3 Å². The number of hydrazine groups is 1. The third-order valence-electron chi connectivity index (χ3n) is 2.42. The number of rotatable bonds is 7. The highest BCUT2D eigenvalue weighted by molar-refractivity contribution is 5.69. The number of benzene rings is 1. The highest BCUT2D eigenvalue weighted by Gasteiger charge is 2.03. The molecular formula is C13H20N2O2. The van der Waals surface area contributed by atoms with Crippen molar-refractivity contribution in [3.05, 3.63) is 30.3 Å². The zero-order chi connectivity index (χ0) is 12.5. The van der Waals surface area contributed by atoms with E-state index in [0.717, 1.165) is 25.1 Å². The number of carbonyl (C=O) groups excluding carboxylic acids is 1. The molecule has 0 spiro atoms. The SMILES string of the molecule is CCOC(=O)CCCCN(N)c1ccccc1. The van der Waals surface area contributed by atoms with E-state index in [1.54, 1.807) is 5.01 Å². The fourth-order valence-electron chi connectivity index (χ4n) is 1.53. The van der Waals surface area contributed by atoms with E-state index < -0.39 is 0 Å². The molecule has 17 heavy (non-hydrogen) atoms. The van der Waals surface area contributed by atoms with Gasteiger partial charge in [-0.1, -0.05) is 18.2 Å². The highest BCUT2D eigenvalue weighted by Crippen LogP contribution is 2.10. The predicted octanol–water partition coefficient (Wildman–Crippen LogP) is 2.10. The summed E-state index contributed by atoms with van der Waals surface area (Å²) < 4.78 is 4.85. The number of carbonyl (C=O) groups is 1. The molecule has 0 bridgehead atoms. The van der Waals surface area contributed by atoms with E-state index in [1.165, 1.54) is 0 Å². The van der Waals surface area contributed by atoms with Crippen molar-refractivity contribution in [2.75, 3.05) is 18.2 Å². The predicted molar refractivity (Wildman–Crippen MR) is 68.5 cm³/mol.